The Morgan fingerprint density at radius 3 is 2.83 bits per heavy atom. The van der Waals surface area contributed by atoms with E-state index >= 15 is 0 Å². The van der Waals surface area contributed by atoms with Crippen LogP contribution in [0.25, 0.3) is 0 Å². The van der Waals surface area contributed by atoms with Crippen molar-refractivity contribution in [1.29, 1.82) is 0 Å². The SMILES string of the molecule is COCc1nc(C)cc(N2CCNC(=O)[C@H]2CC2CCCCC2)n1. The van der Waals surface area contributed by atoms with Gasteiger partial charge in [0.15, 0.2) is 5.82 Å². The van der Waals surface area contributed by atoms with Gasteiger partial charge in [0.2, 0.25) is 5.91 Å². The van der Waals surface area contributed by atoms with Crippen molar-refractivity contribution in [3.05, 3.63) is 17.6 Å². The molecule has 132 valence electrons. The van der Waals surface area contributed by atoms with Crippen LogP contribution in [-0.2, 0) is 16.1 Å². The molecule has 3 rings (SSSR count). The van der Waals surface area contributed by atoms with Crippen LogP contribution in [0.3, 0.4) is 0 Å². The molecule has 1 aromatic rings. The molecule has 1 aliphatic carbocycles. The maximum Gasteiger partial charge on any atom is 0.242 e. The quantitative estimate of drug-likeness (QED) is 0.895. The van der Waals surface area contributed by atoms with E-state index in [0.29, 0.717) is 24.9 Å². The first-order valence-corrected chi connectivity index (χ1v) is 9.05. The lowest BCUT2D eigenvalue weighted by atomic mass is 9.84. The molecule has 0 aromatic carbocycles. The van der Waals surface area contributed by atoms with Crippen molar-refractivity contribution in [2.24, 2.45) is 5.92 Å². The first kappa shape index (κ1) is 17.1. The van der Waals surface area contributed by atoms with Gasteiger partial charge < -0.3 is 15.0 Å². The number of nitrogens with zero attached hydrogens (tertiary/aromatic N) is 3. The molecule has 6 heteroatoms. The van der Waals surface area contributed by atoms with E-state index in [1.54, 1.807) is 7.11 Å². The highest BCUT2D eigenvalue weighted by atomic mass is 16.5. The van der Waals surface area contributed by atoms with E-state index in [-0.39, 0.29) is 11.9 Å². The minimum absolute atomic E-state index is 0.119. The van der Waals surface area contributed by atoms with Gasteiger partial charge in [-0.3, -0.25) is 4.79 Å². The van der Waals surface area contributed by atoms with Crippen LogP contribution in [0.2, 0.25) is 0 Å². The molecule has 1 saturated heterocycles. The molecule has 1 saturated carbocycles. The van der Waals surface area contributed by atoms with Gasteiger partial charge in [-0.05, 0) is 19.3 Å². The fourth-order valence-corrected chi connectivity index (χ4v) is 3.91. The van der Waals surface area contributed by atoms with Crippen LogP contribution < -0.4 is 10.2 Å². The molecule has 0 radical (unpaired) electrons. The highest BCUT2D eigenvalue weighted by molar-refractivity contribution is 5.86. The Kier molecular flexibility index (Phi) is 5.66. The largest absolute Gasteiger partial charge is 0.377 e. The van der Waals surface area contributed by atoms with E-state index in [9.17, 15) is 4.79 Å². The topological polar surface area (TPSA) is 67.3 Å². The lowest BCUT2D eigenvalue weighted by Gasteiger charge is -2.38. The van der Waals surface area contributed by atoms with Crippen molar-refractivity contribution in [3.63, 3.8) is 0 Å². The van der Waals surface area contributed by atoms with E-state index in [1.807, 2.05) is 13.0 Å². The van der Waals surface area contributed by atoms with Crippen molar-refractivity contribution in [2.75, 3.05) is 25.1 Å². The third-order valence-corrected chi connectivity index (χ3v) is 5.07. The summed E-state index contributed by atoms with van der Waals surface area (Å²) in [6.07, 6.45) is 7.34. The minimum atomic E-state index is -0.119. The fraction of sp³-hybridized carbons (Fsp3) is 0.722. The van der Waals surface area contributed by atoms with Crippen LogP contribution in [0.15, 0.2) is 6.07 Å². The van der Waals surface area contributed by atoms with Gasteiger partial charge in [-0.15, -0.1) is 0 Å². The fourth-order valence-electron chi connectivity index (χ4n) is 3.91. The summed E-state index contributed by atoms with van der Waals surface area (Å²) in [5, 5.41) is 3.03. The number of rotatable bonds is 5. The molecule has 1 aliphatic heterocycles. The molecular formula is C18H28N4O2. The summed E-state index contributed by atoms with van der Waals surface area (Å²) < 4.78 is 5.17. The summed E-state index contributed by atoms with van der Waals surface area (Å²) in [6, 6.07) is 1.86. The van der Waals surface area contributed by atoms with Crippen LogP contribution in [0.5, 0.6) is 0 Å². The Balaban J connectivity index is 1.81. The zero-order valence-electron chi connectivity index (χ0n) is 14.8. The predicted octanol–water partition coefficient (Wildman–Crippen LogP) is 2.21. The lowest BCUT2D eigenvalue weighted by molar-refractivity contribution is -0.123. The molecule has 0 spiro atoms. The number of hydrogen-bond donors (Lipinski definition) is 1. The molecule has 2 aliphatic rings. The van der Waals surface area contributed by atoms with Gasteiger partial charge in [0.25, 0.3) is 0 Å². The van der Waals surface area contributed by atoms with E-state index in [0.717, 1.165) is 24.5 Å². The first-order valence-electron chi connectivity index (χ1n) is 9.05. The summed E-state index contributed by atoms with van der Waals surface area (Å²) >= 11 is 0. The molecule has 1 N–H and O–H groups in total. The van der Waals surface area contributed by atoms with Crippen molar-refractivity contribution in [2.45, 2.75) is 58.1 Å². The van der Waals surface area contributed by atoms with Crippen molar-refractivity contribution < 1.29 is 9.53 Å². The molecule has 6 nitrogen and oxygen atoms in total. The summed E-state index contributed by atoms with van der Waals surface area (Å²) in [5.41, 5.74) is 0.912. The summed E-state index contributed by atoms with van der Waals surface area (Å²) in [4.78, 5) is 23.7. The predicted molar refractivity (Wildman–Crippen MR) is 92.8 cm³/mol. The molecule has 0 bridgehead atoms. The molecule has 1 aromatic heterocycles. The minimum Gasteiger partial charge on any atom is -0.377 e. The van der Waals surface area contributed by atoms with E-state index in [4.69, 9.17) is 4.74 Å². The Morgan fingerprint density at radius 2 is 2.08 bits per heavy atom. The average Bonchev–Trinajstić information content (AvgIpc) is 2.57. The van der Waals surface area contributed by atoms with Gasteiger partial charge in [-0.25, -0.2) is 9.97 Å². The highest BCUT2D eigenvalue weighted by Gasteiger charge is 2.33. The summed E-state index contributed by atoms with van der Waals surface area (Å²) in [5.74, 6) is 2.31. The highest BCUT2D eigenvalue weighted by Crippen LogP contribution is 2.30. The smallest absolute Gasteiger partial charge is 0.242 e. The van der Waals surface area contributed by atoms with Crippen molar-refractivity contribution >= 4 is 11.7 Å². The van der Waals surface area contributed by atoms with Gasteiger partial charge in [0.05, 0.1) is 0 Å². The number of amides is 1. The van der Waals surface area contributed by atoms with Crippen LogP contribution in [0.4, 0.5) is 5.82 Å². The maximum absolute atomic E-state index is 12.5. The zero-order chi connectivity index (χ0) is 16.9. The van der Waals surface area contributed by atoms with Crippen LogP contribution >= 0.6 is 0 Å². The van der Waals surface area contributed by atoms with Crippen LogP contribution in [0.1, 0.15) is 50.0 Å². The molecular weight excluding hydrogens is 304 g/mol. The number of ether oxygens (including phenoxy) is 1. The van der Waals surface area contributed by atoms with Gasteiger partial charge in [-0.2, -0.15) is 0 Å². The van der Waals surface area contributed by atoms with Gasteiger partial charge in [0.1, 0.15) is 18.5 Å². The van der Waals surface area contributed by atoms with Crippen LogP contribution in [0, 0.1) is 12.8 Å². The lowest BCUT2D eigenvalue weighted by Crippen LogP contribution is -2.56. The second-order valence-corrected chi connectivity index (χ2v) is 6.96. The summed E-state index contributed by atoms with van der Waals surface area (Å²) in [6.45, 7) is 3.82. The molecule has 2 heterocycles. The number of piperazine rings is 1. The average molecular weight is 332 g/mol. The monoisotopic (exact) mass is 332 g/mol. The number of carbonyl (C=O) groups is 1. The third kappa shape index (κ3) is 4.04. The maximum atomic E-state index is 12.5. The normalized spacial score (nSPS) is 22.5. The second-order valence-electron chi connectivity index (χ2n) is 6.96. The number of hydrogen-bond acceptors (Lipinski definition) is 5. The van der Waals surface area contributed by atoms with E-state index < -0.39 is 0 Å². The van der Waals surface area contributed by atoms with E-state index in [1.165, 1.54) is 32.1 Å². The molecule has 2 fully saturated rings. The number of methoxy groups -OCH3 is 1. The Bertz CT molecular complexity index is 572. The number of carbonyl (C=O) groups excluding carboxylic acids is 1. The molecule has 1 atom stereocenters. The van der Waals surface area contributed by atoms with Gasteiger partial charge >= 0.3 is 0 Å². The Hall–Kier alpha value is -1.69. The number of aryl methyl sites for hydroxylation is 1. The molecule has 0 unspecified atom stereocenters. The summed E-state index contributed by atoms with van der Waals surface area (Å²) in [7, 11) is 1.64. The van der Waals surface area contributed by atoms with Gasteiger partial charge in [-0.1, -0.05) is 32.1 Å². The van der Waals surface area contributed by atoms with E-state index in [2.05, 4.69) is 20.2 Å². The van der Waals surface area contributed by atoms with Crippen molar-refractivity contribution in [3.8, 4) is 0 Å². The Morgan fingerprint density at radius 1 is 1.29 bits per heavy atom. The third-order valence-electron chi connectivity index (χ3n) is 5.07. The van der Waals surface area contributed by atoms with Crippen LogP contribution in [-0.4, -0.2) is 42.1 Å². The molecule has 1 amide bonds. The number of anilines is 1. The zero-order valence-corrected chi connectivity index (χ0v) is 14.8. The van der Waals surface area contributed by atoms with Crippen molar-refractivity contribution in [1.82, 2.24) is 15.3 Å². The number of nitrogens with one attached hydrogen (secondary N) is 1. The standard InChI is InChI=1S/C18H28N4O2/c1-13-10-17(21-16(20-13)12-24-2)22-9-8-19-18(23)15(22)11-14-6-4-3-5-7-14/h10,14-15H,3-9,11-12H2,1-2H3,(H,19,23)/t15-/m1/s1. The number of aromatic nitrogens is 2. The Labute approximate surface area is 144 Å². The first-order chi connectivity index (χ1) is 11.7. The second kappa shape index (κ2) is 7.92. The molecule has 24 heavy (non-hydrogen) atoms. The van der Waals surface area contributed by atoms with Gasteiger partial charge in [0, 0.05) is 32.0 Å².